The molecule has 0 saturated heterocycles. The summed E-state index contributed by atoms with van der Waals surface area (Å²) in [4.78, 5) is 10.6. The second-order valence-corrected chi connectivity index (χ2v) is 3.71. The SMILES string of the molecule is CN(CCO)c1ncc2c(n1)CCNC2. The lowest BCUT2D eigenvalue weighted by molar-refractivity contribution is 0.303. The normalized spacial score (nSPS) is 14.8. The molecule has 0 bridgehead atoms. The maximum atomic E-state index is 8.83. The molecule has 5 heteroatoms. The molecule has 0 aromatic carbocycles. The van der Waals surface area contributed by atoms with Crippen LogP contribution < -0.4 is 10.2 Å². The van der Waals surface area contributed by atoms with Gasteiger partial charge in [0.1, 0.15) is 0 Å². The average molecular weight is 208 g/mol. The highest BCUT2D eigenvalue weighted by atomic mass is 16.3. The van der Waals surface area contributed by atoms with Crippen LogP contribution in [0, 0.1) is 0 Å². The minimum Gasteiger partial charge on any atom is -0.395 e. The number of anilines is 1. The third kappa shape index (κ3) is 2.24. The van der Waals surface area contributed by atoms with E-state index in [1.54, 1.807) is 0 Å². The highest BCUT2D eigenvalue weighted by Crippen LogP contribution is 2.13. The zero-order valence-corrected chi connectivity index (χ0v) is 8.90. The lowest BCUT2D eigenvalue weighted by Crippen LogP contribution is -2.28. The van der Waals surface area contributed by atoms with Crippen molar-refractivity contribution >= 4 is 5.95 Å². The second kappa shape index (κ2) is 4.55. The summed E-state index contributed by atoms with van der Waals surface area (Å²) in [6.07, 6.45) is 2.83. The number of aliphatic hydroxyl groups excluding tert-OH is 1. The van der Waals surface area contributed by atoms with E-state index >= 15 is 0 Å². The van der Waals surface area contributed by atoms with Crippen molar-refractivity contribution in [2.24, 2.45) is 0 Å². The van der Waals surface area contributed by atoms with E-state index in [1.165, 1.54) is 5.56 Å². The molecule has 82 valence electrons. The summed E-state index contributed by atoms with van der Waals surface area (Å²) in [5, 5.41) is 12.1. The molecule has 0 aliphatic carbocycles. The number of likely N-dealkylation sites (N-methyl/N-ethyl adjacent to an activating group) is 1. The number of aliphatic hydroxyl groups is 1. The predicted octanol–water partition coefficient (Wildman–Crippen LogP) is -0.449. The fourth-order valence-electron chi connectivity index (χ4n) is 1.66. The molecule has 2 rings (SSSR count). The molecule has 1 aromatic heterocycles. The number of hydrogen-bond donors (Lipinski definition) is 2. The molecular formula is C10H16N4O. The molecule has 1 aromatic rings. The Hall–Kier alpha value is -1.20. The molecule has 0 unspecified atom stereocenters. The van der Waals surface area contributed by atoms with Gasteiger partial charge in [0.15, 0.2) is 0 Å². The molecule has 2 heterocycles. The van der Waals surface area contributed by atoms with Gasteiger partial charge in [-0.1, -0.05) is 0 Å². The number of hydrogen-bond acceptors (Lipinski definition) is 5. The number of nitrogens with zero attached hydrogens (tertiary/aromatic N) is 3. The first-order valence-electron chi connectivity index (χ1n) is 5.19. The fourth-order valence-corrected chi connectivity index (χ4v) is 1.66. The van der Waals surface area contributed by atoms with Crippen molar-refractivity contribution in [1.82, 2.24) is 15.3 Å². The van der Waals surface area contributed by atoms with Gasteiger partial charge in [0, 0.05) is 44.9 Å². The zero-order valence-electron chi connectivity index (χ0n) is 8.90. The largest absolute Gasteiger partial charge is 0.395 e. The van der Waals surface area contributed by atoms with Crippen LogP contribution >= 0.6 is 0 Å². The Labute approximate surface area is 89.2 Å². The van der Waals surface area contributed by atoms with Crippen LogP contribution in [0.4, 0.5) is 5.95 Å². The van der Waals surface area contributed by atoms with Crippen LogP contribution in [-0.4, -0.2) is 41.8 Å². The van der Waals surface area contributed by atoms with E-state index < -0.39 is 0 Å². The van der Waals surface area contributed by atoms with E-state index in [4.69, 9.17) is 5.11 Å². The quantitative estimate of drug-likeness (QED) is 0.704. The Bertz CT molecular complexity index is 342. The van der Waals surface area contributed by atoms with Crippen molar-refractivity contribution in [3.8, 4) is 0 Å². The Morgan fingerprint density at radius 1 is 1.60 bits per heavy atom. The minimum atomic E-state index is 0.124. The average Bonchev–Trinajstić information content (AvgIpc) is 2.29. The molecule has 1 aliphatic rings. The Morgan fingerprint density at radius 3 is 3.27 bits per heavy atom. The minimum absolute atomic E-state index is 0.124. The first kappa shape index (κ1) is 10.3. The fraction of sp³-hybridized carbons (Fsp3) is 0.600. The molecule has 15 heavy (non-hydrogen) atoms. The van der Waals surface area contributed by atoms with Gasteiger partial charge in [0.2, 0.25) is 5.95 Å². The van der Waals surface area contributed by atoms with Crippen LogP contribution in [0.2, 0.25) is 0 Å². The molecular weight excluding hydrogens is 192 g/mol. The van der Waals surface area contributed by atoms with Gasteiger partial charge in [-0.05, 0) is 0 Å². The maximum absolute atomic E-state index is 8.83. The third-order valence-electron chi connectivity index (χ3n) is 2.57. The Kier molecular flexibility index (Phi) is 3.13. The molecule has 0 atom stereocenters. The van der Waals surface area contributed by atoms with Crippen molar-refractivity contribution in [3.63, 3.8) is 0 Å². The number of nitrogens with one attached hydrogen (secondary N) is 1. The second-order valence-electron chi connectivity index (χ2n) is 3.71. The van der Waals surface area contributed by atoms with Crippen LogP contribution in [-0.2, 0) is 13.0 Å². The third-order valence-corrected chi connectivity index (χ3v) is 2.57. The number of fused-ring (bicyclic) bond motifs is 1. The van der Waals surface area contributed by atoms with E-state index in [2.05, 4.69) is 15.3 Å². The van der Waals surface area contributed by atoms with E-state index in [1.807, 2.05) is 18.1 Å². The zero-order chi connectivity index (χ0) is 10.7. The highest BCUT2D eigenvalue weighted by Gasteiger charge is 2.12. The first-order chi connectivity index (χ1) is 7.31. The Morgan fingerprint density at radius 2 is 2.47 bits per heavy atom. The Balaban J connectivity index is 2.20. The van der Waals surface area contributed by atoms with Gasteiger partial charge in [0.25, 0.3) is 0 Å². The van der Waals surface area contributed by atoms with E-state index in [0.29, 0.717) is 12.5 Å². The summed E-state index contributed by atoms with van der Waals surface area (Å²) in [6, 6.07) is 0. The number of rotatable bonds is 3. The molecule has 0 saturated carbocycles. The van der Waals surface area contributed by atoms with Crippen LogP contribution in [0.3, 0.4) is 0 Å². The first-order valence-corrected chi connectivity index (χ1v) is 5.19. The standard InChI is InChI=1S/C10H16N4O/c1-14(4-5-15)10-12-7-8-6-11-3-2-9(8)13-10/h7,11,15H,2-6H2,1H3. The van der Waals surface area contributed by atoms with E-state index in [0.717, 1.165) is 25.2 Å². The predicted molar refractivity (Wildman–Crippen MR) is 57.8 cm³/mol. The van der Waals surface area contributed by atoms with Crippen LogP contribution in [0.1, 0.15) is 11.3 Å². The van der Waals surface area contributed by atoms with E-state index in [-0.39, 0.29) is 6.61 Å². The highest BCUT2D eigenvalue weighted by molar-refractivity contribution is 5.33. The van der Waals surface area contributed by atoms with Gasteiger partial charge in [-0.25, -0.2) is 9.97 Å². The van der Waals surface area contributed by atoms with Gasteiger partial charge in [0.05, 0.1) is 12.3 Å². The molecule has 5 nitrogen and oxygen atoms in total. The number of aromatic nitrogens is 2. The van der Waals surface area contributed by atoms with Crippen molar-refractivity contribution in [3.05, 3.63) is 17.5 Å². The summed E-state index contributed by atoms with van der Waals surface area (Å²) >= 11 is 0. The van der Waals surface area contributed by atoms with E-state index in [9.17, 15) is 0 Å². The molecule has 2 N–H and O–H groups in total. The van der Waals surface area contributed by atoms with Crippen molar-refractivity contribution in [2.75, 3.05) is 31.6 Å². The van der Waals surface area contributed by atoms with Gasteiger partial charge in [-0.15, -0.1) is 0 Å². The molecule has 0 spiro atoms. The molecule has 1 aliphatic heterocycles. The summed E-state index contributed by atoms with van der Waals surface area (Å²) < 4.78 is 0. The molecule has 0 radical (unpaired) electrons. The molecule has 0 fully saturated rings. The summed E-state index contributed by atoms with van der Waals surface area (Å²) in [5.74, 6) is 0.699. The summed E-state index contributed by atoms with van der Waals surface area (Å²) in [6.45, 7) is 2.53. The summed E-state index contributed by atoms with van der Waals surface area (Å²) in [5.41, 5.74) is 2.31. The van der Waals surface area contributed by atoms with Gasteiger partial charge >= 0.3 is 0 Å². The van der Waals surface area contributed by atoms with Gasteiger partial charge < -0.3 is 15.3 Å². The van der Waals surface area contributed by atoms with Crippen molar-refractivity contribution in [1.29, 1.82) is 0 Å². The van der Waals surface area contributed by atoms with Crippen LogP contribution in [0.25, 0.3) is 0 Å². The molecule has 0 amide bonds. The van der Waals surface area contributed by atoms with Crippen LogP contribution in [0.15, 0.2) is 6.20 Å². The van der Waals surface area contributed by atoms with Crippen molar-refractivity contribution < 1.29 is 5.11 Å². The van der Waals surface area contributed by atoms with Crippen LogP contribution in [0.5, 0.6) is 0 Å². The topological polar surface area (TPSA) is 61.3 Å². The lowest BCUT2D eigenvalue weighted by atomic mass is 10.1. The lowest BCUT2D eigenvalue weighted by Gasteiger charge is -2.20. The monoisotopic (exact) mass is 208 g/mol. The maximum Gasteiger partial charge on any atom is 0.225 e. The van der Waals surface area contributed by atoms with Gasteiger partial charge in [-0.2, -0.15) is 0 Å². The smallest absolute Gasteiger partial charge is 0.225 e. The van der Waals surface area contributed by atoms with Gasteiger partial charge in [-0.3, -0.25) is 0 Å². The summed E-state index contributed by atoms with van der Waals surface area (Å²) in [7, 11) is 1.89. The van der Waals surface area contributed by atoms with Crippen molar-refractivity contribution in [2.45, 2.75) is 13.0 Å².